The number of rotatable bonds is 8. The van der Waals surface area contributed by atoms with Gasteiger partial charge in [-0.15, -0.1) is 0 Å². The van der Waals surface area contributed by atoms with Gasteiger partial charge in [0, 0.05) is 30.9 Å². The first kappa shape index (κ1) is 23.9. The Hall–Kier alpha value is -3.27. The van der Waals surface area contributed by atoms with Crippen LogP contribution in [0.2, 0.25) is 0 Å². The van der Waals surface area contributed by atoms with Crippen LogP contribution in [0.15, 0.2) is 83.8 Å². The average Bonchev–Trinajstić information content (AvgIpc) is 2.81. The summed E-state index contributed by atoms with van der Waals surface area (Å²) in [6, 6.07) is 21.1. The molecule has 0 aliphatic carbocycles. The lowest BCUT2D eigenvalue weighted by atomic mass is 10.1. The number of likely N-dealkylation sites (tertiary alicyclic amines) is 1. The zero-order chi connectivity index (χ0) is 24.0. The highest BCUT2D eigenvalue weighted by Crippen LogP contribution is 2.24. The van der Waals surface area contributed by atoms with Crippen LogP contribution in [-0.4, -0.2) is 44.9 Å². The number of piperidine rings is 1. The summed E-state index contributed by atoms with van der Waals surface area (Å²) in [5, 5.41) is 2.89. The maximum absolute atomic E-state index is 13.1. The molecule has 0 radical (unpaired) electrons. The molecule has 2 N–H and O–H groups in total. The van der Waals surface area contributed by atoms with E-state index in [1.165, 1.54) is 12.1 Å². The number of halogens is 1. The maximum Gasteiger partial charge on any atom is 0.240 e. The molecule has 1 aliphatic rings. The predicted octanol–water partition coefficient (Wildman–Crippen LogP) is 4.00. The van der Waals surface area contributed by atoms with Crippen LogP contribution >= 0.6 is 0 Å². The number of nitrogens with one attached hydrogen (secondary N) is 2. The lowest BCUT2D eigenvalue weighted by Gasteiger charge is -2.31. The first-order chi connectivity index (χ1) is 16.4. The van der Waals surface area contributed by atoms with E-state index in [1.807, 2.05) is 47.4 Å². The van der Waals surface area contributed by atoms with E-state index in [-0.39, 0.29) is 23.4 Å². The first-order valence-electron chi connectivity index (χ1n) is 11.0. The summed E-state index contributed by atoms with van der Waals surface area (Å²) in [6.07, 6.45) is 1.15. The van der Waals surface area contributed by atoms with Crippen molar-refractivity contribution in [1.29, 1.82) is 0 Å². The molecule has 1 fully saturated rings. The molecule has 178 valence electrons. The van der Waals surface area contributed by atoms with E-state index < -0.39 is 15.8 Å². The van der Waals surface area contributed by atoms with Crippen LogP contribution < -0.4 is 14.8 Å². The lowest BCUT2D eigenvalue weighted by molar-refractivity contribution is -0.117. The molecule has 34 heavy (non-hydrogen) atoms. The Bertz CT molecular complexity index is 1210. The summed E-state index contributed by atoms with van der Waals surface area (Å²) >= 11 is 0. The molecule has 3 aromatic carbocycles. The van der Waals surface area contributed by atoms with E-state index in [2.05, 4.69) is 10.0 Å². The molecule has 9 heteroatoms. The van der Waals surface area contributed by atoms with Crippen molar-refractivity contribution in [1.82, 2.24) is 9.62 Å². The van der Waals surface area contributed by atoms with Crippen LogP contribution in [0.4, 0.5) is 10.1 Å². The highest BCUT2D eigenvalue weighted by atomic mass is 32.2. The summed E-state index contributed by atoms with van der Waals surface area (Å²) < 4.78 is 46.5. The molecule has 3 aromatic rings. The Kier molecular flexibility index (Phi) is 7.56. The number of hydrogen-bond acceptors (Lipinski definition) is 5. The van der Waals surface area contributed by atoms with Crippen molar-refractivity contribution >= 4 is 21.6 Å². The van der Waals surface area contributed by atoms with Crippen LogP contribution in [0.5, 0.6) is 11.5 Å². The summed E-state index contributed by atoms with van der Waals surface area (Å²) in [7, 11) is -3.71. The van der Waals surface area contributed by atoms with Gasteiger partial charge in [0.05, 0.1) is 11.4 Å². The molecule has 1 aliphatic heterocycles. The number of amides is 1. The Labute approximate surface area is 198 Å². The van der Waals surface area contributed by atoms with Gasteiger partial charge in [-0.3, -0.25) is 9.69 Å². The lowest BCUT2D eigenvalue weighted by Crippen LogP contribution is -2.46. The number of carbonyl (C=O) groups is 1. The monoisotopic (exact) mass is 483 g/mol. The molecule has 1 amide bonds. The first-order valence-corrected chi connectivity index (χ1v) is 12.5. The fraction of sp³-hybridized carbons (Fsp3) is 0.240. The standard InChI is InChI=1S/C25H26FN3O4S/c26-19-9-11-24(12-10-19)34(31,32)28-20-13-15-29(16-14-20)18-25(30)27-21-5-4-8-23(17-21)33-22-6-2-1-3-7-22/h1-12,17,20,28H,13-16,18H2,(H,27,30). The molecule has 0 saturated carbocycles. The summed E-state index contributed by atoms with van der Waals surface area (Å²) in [5.74, 6) is 0.699. The van der Waals surface area contributed by atoms with Crippen LogP contribution in [0.1, 0.15) is 12.8 Å². The second kappa shape index (κ2) is 10.8. The van der Waals surface area contributed by atoms with Crippen molar-refractivity contribution in [2.24, 2.45) is 0 Å². The number of hydrogen-bond donors (Lipinski definition) is 2. The number of sulfonamides is 1. The van der Waals surface area contributed by atoms with Crippen molar-refractivity contribution in [3.8, 4) is 11.5 Å². The minimum Gasteiger partial charge on any atom is -0.457 e. The van der Waals surface area contributed by atoms with Crippen molar-refractivity contribution in [3.05, 3.63) is 84.7 Å². The highest BCUT2D eigenvalue weighted by molar-refractivity contribution is 7.89. The number of carbonyl (C=O) groups excluding carboxylic acids is 1. The van der Waals surface area contributed by atoms with Gasteiger partial charge in [0.25, 0.3) is 0 Å². The number of nitrogens with zero attached hydrogens (tertiary/aromatic N) is 1. The molecule has 4 rings (SSSR count). The smallest absolute Gasteiger partial charge is 0.240 e. The second-order valence-corrected chi connectivity index (χ2v) is 9.83. The summed E-state index contributed by atoms with van der Waals surface area (Å²) in [4.78, 5) is 14.6. The molecular formula is C25H26FN3O4S. The number of benzene rings is 3. The number of anilines is 1. The second-order valence-electron chi connectivity index (χ2n) is 8.12. The van der Waals surface area contributed by atoms with Crippen LogP contribution in [0.25, 0.3) is 0 Å². The van der Waals surface area contributed by atoms with E-state index in [1.54, 1.807) is 12.1 Å². The summed E-state index contributed by atoms with van der Waals surface area (Å²) in [6.45, 7) is 1.38. The van der Waals surface area contributed by atoms with Crippen molar-refractivity contribution < 1.29 is 22.3 Å². The largest absolute Gasteiger partial charge is 0.457 e. The van der Waals surface area contributed by atoms with E-state index in [0.717, 1.165) is 12.1 Å². The molecule has 0 atom stereocenters. The molecule has 1 saturated heterocycles. The van der Waals surface area contributed by atoms with Crippen molar-refractivity contribution in [3.63, 3.8) is 0 Å². The molecule has 0 aromatic heterocycles. The number of para-hydroxylation sites is 1. The fourth-order valence-corrected chi connectivity index (χ4v) is 5.08. The molecule has 1 heterocycles. The van der Waals surface area contributed by atoms with Gasteiger partial charge in [0.1, 0.15) is 17.3 Å². The van der Waals surface area contributed by atoms with Gasteiger partial charge in [-0.05, 0) is 61.4 Å². The van der Waals surface area contributed by atoms with Gasteiger partial charge >= 0.3 is 0 Å². The maximum atomic E-state index is 13.1. The normalized spacial score (nSPS) is 15.1. The van der Waals surface area contributed by atoms with Crippen molar-refractivity contribution in [2.45, 2.75) is 23.8 Å². The van der Waals surface area contributed by atoms with Gasteiger partial charge in [0.15, 0.2) is 0 Å². The predicted molar refractivity (Wildman–Crippen MR) is 128 cm³/mol. The third-order valence-electron chi connectivity index (χ3n) is 5.50. The minimum absolute atomic E-state index is 0.0363. The Morgan fingerprint density at radius 3 is 2.32 bits per heavy atom. The minimum atomic E-state index is -3.71. The highest BCUT2D eigenvalue weighted by Gasteiger charge is 2.25. The van der Waals surface area contributed by atoms with Crippen LogP contribution in [0, 0.1) is 5.82 Å². The average molecular weight is 484 g/mol. The van der Waals surface area contributed by atoms with Gasteiger partial charge in [-0.1, -0.05) is 24.3 Å². The SMILES string of the molecule is O=C(CN1CCC(NS(=O)(=O)c2ccc(F)cc2)CC1)Nc1cccc(Oc2ccccc2)c1. The Morgan fingerprint density at radius 2 is 1.62 bits per heavy atom. The van der Waals surface area contributed by atoms with E-state index in [4.69, 9.17) is 4.74 Å². The van der Waals surface area contributed by atoms with E-state index in [0.29, 0.717) is 43.1 Å². The fourth-order valence-electron chi connectivity index (χ4n) is 3.78. The van der Waals surface area contributed by atoms with E-state index in [9.17, 15) is 17.6 Å². The van der Waals surface area contributed by atoms with Gasteiger partial charge in [-0.25, -0.2) is 17.5 Å². The Balaban J connectivity index is 1.25. The molecule has 7 nitrogen and oxygen atoms in total. The van der Waals surface area contributed by atoms with Crippen molar-refractivity contribution in [2.75, 3.05) is 25.0 Å². The number of ether oxygens (including phenoxy) is 1. The van der Waals surface area contributed by atoms with Crippen LogP contribution in [-0.2, 0) is 14.8 Å². The van der Waals surface area contributed by atoms with Gasteiger partial charge in [0.2, 0.25) is 15.9 Å². The third kappa shape index (κ3) is 6.63. The third-order valence-corrected chi connectivity index (χ3v) is 7.03. The van der Waals surface area contributed by atoms with E-state index >= 15 is 0 Å². The zero-order valence-corrected chi connectivity index (χ0v) is 19.3. The molecule has 0 spiro atoms. The van der Waals surface area contributed by atoms with Crippen LogP contribution in [0.3, 0.4) is 0 Å². The quantitative estimate of drug-likeness (QED) is 0.506. The Morgan fingerprint density at radius 1 is 0.941 bits per heavy atom. The molecule has 0 unspecified atom stereocenters. The topological polar surface area (TPSA) is 87.7 Å². The summed E-state index contributed by atoms with van der Waals surface area (Å²) in [5.41, 5.74) is 0.639. The van der Waals surface area contributed by atoms with Gasteiger partial charge in [-0.2, -0.15) is 0 Å². The molecule has 0 bridgehead atoms. The van der Waals surface area contributed by atoms with Gasteiger partial charge < -0.3 is 10.1 Å². The zero-order valence-electron chi connectivity index (χ0n) is 18.5. The molecular weight excluding hydrogens is 457 g/mol.